The van der Waals surface area contributed by atoms with Gasteiger partial charge in [-0.25, -0.2) is 0 Å². The summed E-state index contributed by atoms with van der Waals surface area (Å²) in [5, 5.41) is 0. The van der Waals surface area contributed by atoms with Crippen molar-refractivity contribution in [3.05, 3.63) is 29.8 Å². The van der Waals surface area contributed by atoms with Gasteiger partial charge in [0.2, 0.25) is 0 Å². The summed E-state index contributed by atoms with van der Waals surface area (Å²) in [6.45, 7) is 5.45. The molecular formula is C16H26N2O2. The summed E-state index contributed by atoms with van der Waals surface area (Å²) in [5.41, 5.74) is 7.22. The zero-order valence-electron chi connectivity index (χ0n) is 12.5. The van der Waals surface area contributed by atoms with Crippen LogP contribution in [0.4, 0.5) is 0 Å². The summed E-state index contributed by atoms with van der Waals surface area (Å²) < 4.78 is 11.5. The Morgan fingerprint density at radius 1 is 1.40 bits per heavy atom. The van der Waals surface area contributed by atoms with Crippen LogP contribution < -0.4 is 10.5 Å². The maximum Gasteiger partial charge on any atom is 0.119 e. The van der Waals surface area contributed by atoms with Crippen LogP contribution in [0.3, 0.4) is 0 Å². The Labute approximate surface area is 121 Å². The van der Waals surface area contributed by atoms with Gasteiger partial charge in [0, 0.05) is 19.1 Å². The lowest BCUT2D eigenvalue weighted by atomic mass is 10.0. The molecule has 1 aromatic carbocycles. The van der Waals surface area contributed by atoms with E-state index < -0.39 is 0 Å². The van der Waals surface area contributed by atoms with Crippen molar-refractivity contribution in [1.29, 1.82) is 0 Å². The largest absolute Gasteiger partial charge is 0.491 e. The summed E-state index contributed by atoms with van der Waals surface area (Å²) in [4.78, 5) is 2.27. The van der Waals surface area contributed by atoms with Crippen molar-refractivity contribution in [2.24, 2.45) is 5.73 Å². The highest BCUT2D eigenvalue weighted by Gasteiger charge is 2.18. The Morgan fingerprint density at radius 3 is 2.80 bits per heavy atom. The fraction of sp³-hybridized carbons (Fsp3) is 0.625. The van der Waals surface area contributed by atoms with Gasteiger partial charge in [-0.15, -0.1) is 0 Å². The molecule has 2 N–H and O–H groups in total. The van der Waals surface area contributed by atoms with Crippen molar-refractivity contribution >= 4 is 0 Å². The maximum absolute atomic E-state index is 5.96. The number of likely N-dealkylation sites (N-methyl/N-ethyl adjacent to an activating group) is 1. The van der Waals surface area contributed by atoms with Crippen LogP contribution in [0.25, 0.3) is 0 Å². The number of nitrogens with two attached hydrogens (primary N) is 1. The Balaban J connectivity index is 1.78. The second-order valence-electron chi connectivity index (χ2n) is 5.58. The Bertz CT molecular complexity index is 394. The molecule has 1 saturated heterocycles. The third-order valence-electron chi connectivity index (χ3n) is 3.72. The molecule has 0 amide bonds. The molecule has 1 aromatic rings. The van der Waals surface area contributed by atoms with Crippen molar-refractivity contribution in [2.75, 3.05) is 33.4 Å². The van der Waals surface area contributed by atoms with Gasteiger partial charge in [-0.1, -0.05) is 19.1 Å². The number of hydrogen-bond acceptors (Lipinski definition) is 4. The van der Waals surface area contributed by atoms with Crippen LogP contribution in [0.15, 0.2) is 24.3 Å². The van der Waals surface area contributed by atoms with Crippen LogP contribution in [0.5, 0.6) is 5.75 Å². The van der Waals surface area contributed by atoms with Crippen LogP contribution in [0.2, 0.25) is 0 Å². The molecule has 4 nitrogen and oxygen atoms in total. The van der Waals surface area contributed by atoms with E-state index in [0.29, 0.717) is 6.61 Å². The van der Waals surface area contributed by atoms with E-state index >= 15 is 0 Å². The van der Waals surface area contributed by atoms with E-state index in [1.807, 2.05) is 12.1 Å². The lowest BCUT2D eigenvalue weighted by molar-refractivity contribution is -0.0403. The number of rotatable bonds is 6. The lowest BCUT2D eigenvalue weighted by Crippen LogP contribution is -2.42. The van der Waals surface area contributed by atoms with Crippen molar-refractivity contribution in [1.82, 2.24) is 4.90 Å². The van der Waals surface area contributed by atoms with Crippen molar-refractivity contribution in [3.8, 4) is 5.75 Å². The topological polar surface area (TPSA) is 47.7 Å². The molecule has 2 unspecified atom stereocenters. The maximum atomic E-state index is 5.96. The zero-order valence-corrected chi connectivity index (χ0v) is 12.5. The first-order valence-corrected chi connectivity index (χ1v) is 7.45. The van der Waals surface area contributed by atoms with E-state index in [4.69, 9.17) is 15.2 Å². The van der Waals surface area contributed by atoms with Crippen LogP contribution in [-0.2, 0) is 11.2 Å². The highest BCUT2D eigenvalue weighted by atomic mass is 16.5. The van der Waals surface area contributed by atoms with Crippen molar-refractivity contribution in [2.45, 2.75) is 31.9 Å². The molecule has 2 atom stereocenters. The first-order chi connectivity index (χ1) is 9.67. The number of morpholine rings is 1. The summed E-state index contributed by atoms with van der Waals surface area (Å²) in [7, 11) is 2.11. The van der Waals surface area contributed by atoms with Gasteiger partial charge in [0.25, 0.3) is 0 Å². The summed E-state index contributed by atoms with van der Waals surface area (Å²) >= 11 is 0. The van der Waals surface area contributed by atoms with Gasteiger partial charge in [-0.3, -0.25) is 0 Å². The minimum absolute atomic E-state index is 0.168. The Hall–Kier alpha value is -1.10. The molecule has 112 valence electrons. The average molecular weight is 278 g/mol. The molecule has 0 aromatic heterocycles. The normalized spacial score (nSPS) is 21.6. The Kier molecular flexibility index (Phi) is 5.83. The summed E-state index contributed by atoms with van der Waals surface area (Å²) in [6.07, 6.45) is 2.10. The molecule has 0 saturated carbocycles. The van der Waals surface area contributed by atoms with E-state index in [-0.39, 0.29) is 12.1 Å². The number of hydrogen-bond donors (Lipinski definition) is 1. The fourth-order valence-corrected chi connectivity index (χ4v) is 2.33. The smallest absolute Gasteiger partial charge is 0.119 e. The standard InChI is InChI=1S/C16H26N2O2/c1-3-14(17)10-13-4-6-15(7-5-13)20-12-16-11-18(2)8-9-19-16/h4-7,14,16H,3,8-12,17H2,1-2H3. The highest BCUT2D eigenvalue weighted by molar-refractivity contribution is 5.27. The van der Waals surface area contributed by atoms with E-state index in [1.165, 1.54) is 5.56 Å². The van der Waals surface area contributed by atoms with Gasteiger partial charge in [0.15, 0.2) is 0 Å². The van der Waals surface area contributed by atoms with Gasteiger partial charge >= 0.3 is 0 Å². The van der Waals surface area contributed by atoms with Crippen molar-refractivity contribution in [3.63, 3.8) is 0 Å². The first-order valence-electron chi connectivity index (χ1n) is 7.45. The molecule has 4 heteroatoms. The van der Waals surface area contributed by atoms with Crippen LogP contribution in [-0.4, -0.2) is 50.4 Å². The predicted octanol–water partition coefficient (Wildman–Crippen LogP) is 1.68. The van der Waals surface area contributed by atoms with Crippen LogP contribution >= 0.6 is 0 Å². The van der Waals surface area contributed by atoms with Crippen LogP contribution in [0.1, 0.15) is 18.9 Å². The molecular weight excluding hydrogens is 252 g/mol. The summed E-state index contributed by atoms with van der Waals surface area (Å²) in [6, 6.07) is 8.47. The number of nitrogens with zero attached hydrogens (tertiary/aromatic N) is 1. The summed E-state index contributed by atoms with van der Waals surface area (Å²) in [5.74, 6) is 0.899. The molecule has 2 rings (SSSR count). The predicted molar refractivity (Wildman–Crippen MR) is 81.1 cm³/mol. The van der Waals surface area contributed by atoms with Gasteiger partial charge in [-0.05, 0) is 37.6 Å². The Morgan fingerprint density at radius 2 is 2.15 bits per heavy atom. The van der Waals surface area contributed by atoms with E-state index in [9.17, 15) is 0 Å². The first kappa shape index (κ1) is 15.3. The molecule has 1 aliphatic rings. The van der Waals surface area contributed by atoms with E-state index in [1.54, 1.807) is 0 Å². The SMILES string of the molecule is CCC(N)Cc1ccc(OCC2CN(C)CCO2)cc1. The van der Waals surface area contributed by atoms with E-state index in [2.05, 4.69) is 31.0 Å². The molecule has 0 spiro atoms. The van der Waals surface area contributed by atoms with Gasteiger partial charge in [-0.2, -0.15) is 0 Å². The number of benzene rings is 1. The number of ether oxygens (including phenoxy) is 2. The molecule has 1 aliphatic heterocycles. The molecule has 1 heterocycles. The highest BCUT2D eigenvalue weighted by Crippen LogP contribution is 2.15. The second kappa shape index (κ2) is 7.62. The minimum Gasteiger partial charge on any atom is -0.491 e. The van der Waals surface area contributed by atoms with Gasteiger partial charge in [0.1, 0.15) is 18.5 Å². The molecule has 0 aliphatic carbocycles. The third-order valence-corrected chi connectivity index (χ3v) is 3.72. The minimum atomic E-state index is 0.168. The van der Waals surface area contributed by atoms with Crippen molar-refractivity contribution < 1.29 is 9.47 Å². The zero-order chi connectivity index (χ0) is 14.4. The second-order valence-corrected chi connectivity index (χ2v) is 5.58. The average Bonchev–Trinajstić information content (AvgIpc) is 2.46. The molecule has 0 bridgehead atoms. The van der Waals surface area contributed by atoms with Crippen LogP contribution in [0, 0.1) is 0 Å². The van der Waals surface area contributed by atoms with E-state index in [0.717, 1.165) is 38.3 Å². The third kappa shape index (κ3) is 4.78. The van der Waals surface area contributed by atoms with Gasteiger partial charge < -0.3 is 20.1 Å². The quantitative estimate of drug-likeness (QED) is 0.860. The molecule has 1 fully saturated rings. The van der Waals surface area contributed by atoms with Gasteiger partial charge in [0.05, 0.1) is 6.61 Å². The lowest BCUT2D eigenvalue weighted by Gasteiger charge is -2.29. The fourth-order valence-electron chi connectivity index (χ4n) is 2.33. The monoisotopic (exact) mass is 278 g/mol. The molecule has 0 radical (unpaired) electrons. The molecule has 20 heavy (non-hydrogen) atoms.